The first kappa shape index (κ1) is 23.8. The first-order chi connectivity index (χ1) is 14.1. The summed E-state index contributed by atoms with van der Waals surface area (Å²) in [6.07, 6.45) is 0. The number of benzene rings is 1. The van der Waals surface area contributed by atoms with Crippen molar-refractivity contribution in [2.45, 2.75) is 32.9 Å². The highest BCUT2D eigenvalue weighted by atomic mass is 79.9. The van der Waals surface area contributed by atoms with Crippen LogP contribution in [0.1, 0.15) is 6.92 Å². The molecule has 0 radical (unpaired) electrons. The molecule has 0 saturated carbocycles. The van der Waals surface area contributed by atoms with Gasteiger partial charge in [0.25, 0.3) is 5.91 Å². The van der Waals surface area contributed by atoms with E-state index in [9.17, 15) is 14.4 Å². The van der Waals surface area contributed by atoms with Gasteiger partial charge in [-0.05, 0) is 19.1 Å². The van der Waals surface area contributed by atoms with Crippen LogP contribution in [0.4, 0.5) is 0 Å². The Hall–Kier alpha value is -0.870. The van der Waals surface area contributed by atoms with E-state index in [0.717, 1.165) is 0 Å². The summed E-state index contributed by atoms with van der Waals surface area (Å²) in [5.74, 6) is -0.918. The number of carbonyl (C=O) groups excluding carboxylic acids is 3. The van der Waals surface area contributed by atoms with Crippen molar-refractivity contribution in [2.75, 3.05) is 18.5 Å². The van der Waals surface area contributed by atoms with Gasteiger partial charge in [-0.15, -0.1) is 11.8 Å². The Labute approximate surface area is 201 Å². The van der Waals surface area contributed by atoms with Crippen LogP contribution in [-0.4, -0.2) is 67.2 Å². The van der Waals surface area contributed by atoms with Crippen molar-refractivity contribution < 1.29 is 23.9 Å². The van der Waals surface area contributed by atoms with Crippen molar-refractivity contribution in [2.24, 2.45) is 0 Å². The van der Waals surface area contributed by atoms with Crippen LogP contribution in [0.5, 0.6) is 5.75 Å². The van der Waals surface area contributed by atoms with Crippen LogP contribution in [0.15, 0.2) is 30.3 Å². The summed E-state index contributed by atoms with van der Waals surface area (Å²) in [6.45, 7) is 1.17. The SMILES string of the molecule is CC1(CBr)S[C@H]2C(NC(=O)COc3ccccc3)C(=O)N2C1C(=O)OCC(Cl)(Cl)Cl. The Morgan fingerprint density at radius 2 is 1.97 bits per heavy atom. The highest BCUT2D eigenvalue weighted by Crippen LogP contribution is 2.52. The average Bonchev–Trinajstić information content (AvgIpc) is 2.99. The topological polar surface area (TPSA) is 84.9 Å². The zero-order valence-electron chi connectivity index (χ0n) is 15.6. The van der Waals surface area contributed by atoms with E-state index in [1.54, 1.807) is 24.3 Å². The number of carbonyl (C=O) groups is 3. The number of amides is 2. The van der Waals surface area contributed by atoms with Crippen LogP contribution in [0.25, 0.3) is 0 Å². The maximum Gasteiger partial charge on any atom is 0.330 e. The zero-order valence-corrected chi connectivity index (χ0v) is 20.3. The van der Waals surface area contributed by atoms with Crippen molar-refractivity contribution in [1.29, 1.82) is 0 Å². The molecule has 1 aromatic rings. The number of hydrogen-bond acceptors (Lipinski definition) is 6. The van der Waals surface area contributed by atoms with E-state index in [2.05, 4.69) is 21.2 Å². The maximum atomic E-state index is 12.7. The summed E-state index contributed by atoms with van der Waals surface area (Å²) in [6, 6.07) is 7.24. The van der Waals surface area contributed by atoms with Crippen LogP contribution in [0.3, 0.4) is 0 Å². The number of ether oxygens (including phenoxy) is 2. The summed E-state index contributed by atoms with van der Waals surface area (Å²) >= 11 is 21.8. The molecule has 7 nitrogen and oxygen atoms in total. The molecule has 2 heterocycles. The van der Waals surface area contributed by atoms with Crippen molar-refractivity contribution in [3.63, 3.8) is 0 Å². The quantitative estimate of drug-likeness (QED) is 0.314. The minimum Gasteiger partial charge on any atom is -0.484 e. The fraction of sp³-hybridized carbons (Fsp3) is 0.500. The lowest BCUT2D eigenvalue weighted by molar-refractivity contribution is -0.164. The number of halogens is 4. The number of nitrogens with zero attached hydrogens (tertiary/aromatic N) is 1. The molecule has 0 aliphatic carbocycles. The number of thioether (sulfide) groups is 1. The van der Waals surface area contributed by atoms with Crippen molar-refractivity contribution >= 4 is 80.3 Å². The van der Waals surface area contributed by atoms with Gasteiger partial charge in [0.1, 0.15) is 29.8 Å². The third-order valence-corrected chi connectivity index (χ3v) is 8.13. The highest BCUT2D eigenvalue weighted by molar-refractivity contribution is 9.09. The monoisotopic (exact) mass is 558 g/mol. The number of esters is 1. The number of para-hydroxylation sites is 1. The van der Waals surface area contributed by atoms with Gasteiger partial charge in [-0.25, -0.2) is 4.79 Å². The van der Waals surface area contributed by atoms with Gasteiger partial charge in [0.05, 0.1) is 4.75 Å². The molecule has 3 rings (SSSR count). The van der Waals surface area contributed by atoms with Crippen LogP contribution >= 0.6 is 62.5 Å². The molecule has 1 N–H and O–H groups in total. The molecule has 30 heavy (non-hydrogen) atoms. The van der Waals surface area contributed by atoms with Gasteiger partial charge < -0.3 is 19.7 Å². The van der Waals surface area contributed by atoms with Crippen molar-refractivity contribution in [3.05, 3.63) is 30.3 Å². The number of hydrogen-bond donors (Lipinski definition) is 1. The molecular formula is C18H18BrCl3N2O5S. The van der Waals surface area contributed by atoms with Gasteiger partial charge in [-0.1, -0.05) is 68.9 Å². The summed E-state index contributed by atoms with van der Waals surface area (Å²) in [5.41, 5.74) is 0. The molecule has 12 heteroatoms. The predicted octanol–water partition coefficient (Wildman–Crippen LogP) is 2.90. The third-order valence-electron chi connectivity index (χ3n) is 4.62. The number of alkyl halides is 4. The van der Waals surface area contributed by atoms with Crippen molar-refractivity contribution in [1.82, 2.24) is 10.2 Å². The lowest BCUT2D eigenvalue weighted by Gasteiger charge is -2.44. The molecular weight excluding hydrogens is 543 g/mol. The Kier molecular flexibility index (Phi) is 7.39. The Morgan fingerprint density at radius 3 is 2.57 bits per heavy atom. The molecule has 4 atom stereocenters. The summed E-state index contributed by atoms with van der Waals surface area (Å²) in [7, 11) is 0. The Morgan fingerprint density at radius 1 is 1.30 bits per heavy atom. The lowest BCUT2D eigenvalue weighted by atomic mass is 9.96. The van der Waals surface area contributed by atoms with Crippen LogP contribution < -0.4 is 10.1 Å². The van der Waals surface area contributed by atoms with E-state index in [1.807, 2.05) is 13.0 Å². The second-order valence-corrected chi connectivity index (χ2v) is 11.7. The van der Waals surface area contributed by atoms with Gasteiger partial charge in [-0.3, -0.25) is 9.59 Å². The summed E-state index contributed by atoms with van der Waals surface area (Å²) in [5, 5.41) is 2.68. The minimum absolute atomic E-state index is 0.227. The standard InChI is InChI=1S/C18H18BrCl3N2O5S/c1-17(8-19)13(16(27)29-9-18(20,21)22)24-14(26)12(15(24)30-17)23-11(25)7-28-10-5-3-2-4-6-10/h2-6,12-13,15H,7-9H2,1H3,(H,23,25)/t12?,13?,15-,17?/m0/s1. The highest BCUT2D eigenvalue weighted by Gasteiger charge is 2.65. The van der Waals surface area contributed by atoms with Gasteiger partial charge >= 0.3 is 5.97 Å². The van der Waals surface area contributed by atoms with E-state index in [-0.39, 0.29) is 12.5 Å². The molecule has 0 aromatic heterocycles. The average molecular weight is 561 g/mol. The van der Waals surface area contributed by atoms with Crippen LogP contribution in [0, 0.1) is 0 Å². The van der Waals surface area contributed by atoms with E-state index in [0.29, 0.717) is 11.1 Å². The Balaban J connectivity index is 1.62. The second kappa shape index (κ2) is 9.32. The molecule has 0 spiro atoms. The summed E-state index contributed by atoms with van der Waals surface area (Å²) in [4.78, 5) is 39.0. The summed E-state index contributed by atoms with van der Waals surface area (Å²) < 4.78 is 8.10. The van der Waals surface area contributed by atoms with E-state index < -0.39 is 44.5 Å². The molecule has 2 aliphatic rings. The molecule has 1 aromatic carbocycles. The lowest BCUT2D eigenvalue weighted by Crippen LogP contribution is -2.71. The number of β-lactam (4-membered cyclic amide) rings is 1. The third kappa shape index (κ3) is 5.12. The van der Waals surface area contributed by atoms with Gasteiger partial charge in [0.2, 0.25) is 9.70 Å². The fourth-order valence-corrected chi connectivity index (χ4v) is 5.71. The first-order valence-electron chi connectivity index (χ1n) is 8.82. The van der Waals surface area contributed by atoms with E-state index in [1.165, 1.54) is 16.7 Å². The Bertz CT molecular complexity index is 828. The molecule has 3 unspecified atom stereocenters. The molecule has 2 fully saturated rings. The van der Waals surface area contributed by atoms with Gasteiger partial charge in [-0.2, -0.15) is 0 Å². The number of fused-ring (bicyclic) bond motifs is 1. The van der Waals surface area contributed by atoms with Crippen molar-refractivity contribution in [3.8, 4) is 5.75 Å². The van der Waals surface area contributed by atoms with E-state index in [4.69, 9.17) is 44.3 Å². The molecule has 164 valence electrons. The van der Waals surface area contributed by atoms with Crippen LogP contribution in [0.2, 0.25) is 0 Å². The second-order valence-electron chi connectivity index (χ2n) is 6.97. The number of nitrogens with one attached hydrogen (secondary N) is 1. The number of rotatable bonds is 7. The normalized spacial score (nSPS) is 27.8. The van der Waals surface area contributed by atoms with E-state index >= 15 is 0 Å². The molecule has 2 amide bonds. The fourth-order valence-electron chi connectivity index (χ4n) is 3.23. The van der Waals surface area contributed by atoms with Gasteiger partial charge in [0.15, 0.2) is 6.61 Å². The van der Waals surface area contributed by atoms with Crippen LogP contribution in [-0.2, 0) is 19.1 Å². The predicted molar refractivity (Wildman–Crippen MR) is 119 cm³/mol. The van der Waals surface area contributed by atoms with Gasteiger partial charge in [0, 0.05) is 5.33 Å². The molecule has 2 aliphatic heterocycles. The maximum absolute atomic E-state index is 12.7. The molecule has 2 saturated heterocycles. The molecule has 0 bridgehead atoms. The zero-order chi connectivity index (χ0) is 22.1. The largest absolute Gasteiger partial charge is 0.484 e. The smallest absolute Gasteiger partial charge is 0.330 e. The first-order valence-corrected chi connectivity index (χ1v) is 12.0. The minimum atomic E-state index is -1.75.